The number of amides is 4. The number of nitrogens with two attached hydrogens (primary N) is 2. The lowest BCUT2D eigenvalue weighted by Crippen LogP contribution is -2.56. The third-order valence-corrected chi connectivity index (χ3v) is 2.96. The first-order chi connectivity index (χ1) is 11.5. The van der Waals surface area contributed by atoms with Crippen LogP contribution in [0, 0.1) is 0 Å². The van der Waals surface area contributed by atoms with Crippen molar-refractivity contribution in [2.24, 2.45) is 11.5 Å². The van der Waals surface area contributed by atoms with E-state index in [1.807, 2.05) is 5.32 Å². The van der Waals surface area contributed by atoms with E-state index in [1.54, 1.807) is 0 Å². The zero-order chi connectivity index (χ0) is 19.6. The van der Waals surface area contributed by atoms with Gasteiger partial charge >= 0.3 is 5.97 Å². The Labute approximate surface area is 143 Å². The molecule has 0 aromatic carbocycles. The summed E-state index contributed by atoms with van der Waals surface area (Å²) in [5, 5.41) is 24.4. The summed E-state index contributed by atoms with van der Waals surface area (Å²) in [7, 11) is 0. The molecular weight excluding hydrogens is 338 g/mol. The SMILES string of the molecule is C[C@@H](O)[C@H](NC(=O)[C@@H](N)CCC(N)=O)C(=O)NCC(=O)NCC(=O)O. The molecule has 0 saturated carbocycles. The van der Waals surface area contributed by atoms with Crippen LogP contribution in [0.3, 0.4) is 0 Å². The van der Waals surface area contributed by atoms with Gasteiger partial charge in [0.1, 0.15) is 12.6 Å². The number of primary amides is 1. The maximum absolute atomic E-state index is 12.0. The largest absolute Gasteiger partial charge is 0.480 e. The van der Waals surface area contributed by atoms with Crippen LogP contribution in [0.25, 0.3) is 0 Å². The van der Waals surface area contributed by atoms with Gasteiger partial charge in [-0.05, 0) is 13.3 Å². The Hall–Kier alpha value is -2.73. The number of hydrogen-bond acceptors (Lipinski definition) is 7. The van der Waals surface area contributed by atoms with Crippen molar-refractivity contribution in [1.29, 1.82) is 0 Å². The average Bonchev–Trinajstić information content (AvgIpc) is 2.52. The summed E-state index contributed by atoms with van der Waals surface area (Å²) in [6.07, 6.45) is -1.45. The summed E-state index contributed by atoms with van der Waals surface area (Å²) in [4.78, 5) is 56.1. The molecule has 25 heavy (non-hydrogen) atoms. The van der Waals surface area contributed by atoms with Crippen LogP contribution >= 0.6 is 0 Å². The highest BCUT2D eigenvalue weighted by molar-refractivity contribution is 5.92. The van der Waals surface area contributed by atoms with Gasteiger partial charge in [-0.25, -0.2) is 0 Å². The van der Waals surface area contributed by atoms with Crippen molar-refractivity contribution in [3.63, 3.8) is 0 Å². The van der Waals surface area contributed by atoms with E-state index in [0.29, 0.717) is 0 Å². The lowest BCUT2D eigenvalue weighted by molar-refractivity contribution is -0.138. The summed E-state index contributed by atoms with van der Waals surface area (Å²) in [6, 6.07) is -2.50. The number of carboxylic acid groups (broad SMARTS) is 1. The first-order valence-electron chi connectivity index (χ1n) is 7.33. The summed E-state index contributed by atoms with van der Waals surface area (Å²) >= 11 is 0. The number of aliphatic carboxylic acids is 1. The molecule has 12 heteroatoms. The van der Waals surface area contributed by atoms with Crippen LogP contribution in [0.4, 0.5) is 0 Å². The third kappa shape index (κ3) is 9.88. The predicted molar refractivity (Wildman–Crippen MR) is 83.7 cm³/mol. The fourth-order valence-corrected chi connectivity index (χ4v) is 1.61. The number of carbonyl (C=O) groups is 5. The van der Waals surface area contributed by atoms with Crippen LogP contribution in [-0.2, 0) is 24.0 Å². The molecule has 0 fully saturated rings. The summed E-state index contributed by atoms with van der Waals surface area (Å²) in [5.74, 6) is -4.29. The van der Waals surface area contributed by atoms with Gasteiger partial charge < -0.3 is 37.6 Å². The molecule has 0 saturated heterocycles. The molecule has 0 heterocycles. The molecule has 0 aliphatic carbocycles. The first kappa shape index (κ1) is 22.3. The van der Waals surface area contributed by atoms with Gasteiger partial charge in [0, 0.05) is 6.42 Å². The van der Waals surface area contributed by atoms with Gasteiger partial charge in [0.05, 0.1) is 18.7 Å². The van der Waals surface area contributed by atoms with Crippen LogP contribution in [0.2, 0.25) is 0 Å². The molecule has 3 atom stereocenters. The summed E-state index contributed by atoms with van der Waals surface area (Å²) < 4.78 is 0. The molecule has 0 aliphatic rings. The quantitative estimate of drug-likeness (QED) is 0.191. The molecule has 0 spiro atoms. The van der Waals surface area contributed by atoms with Crippen molar-refractivity contribution in [2.75, 3.05) is 13.1 Å². The second-order valence-electron chi connectivity index (χ2n) is 5.23. The molecule has 0 aromatic heterocycles. The summed E-state index contributed by atoms with van der Waals surface area (Å²) in [5.41, 5.74) is 10.5. The Kier molecular flexibility index (Phi) is 9.74. The van der Waals surface area contributed by atoms with Gasteiger partial charge in [-0.15, -0.1) is 0 Å². The molecule has 0 radical (unpaired) electrons. The van der Waals surface area contributed by atoms with Gasteiger partial charge in [-0.1, -0.05) is 0 Å². The third-order valence-electron chi connectivity index (χ3n) is 2.96. The molecule has 0 bridgehead atoms. The van der Waals surface area contributed by atoms with Gasteiger partial charge in [-0.3, -0.25) is 24.0 Å². The minimum atomic E-state index is -1.39. The highest BCUT2D eigenvalue weighted by Crippen LogP contribution is 1.98. The van der Waals surface area contributed by atoms with Crippen LogP contribution < -0.4 is 27.4 Å². The lowest BCUT2D eigenvalue weighted by Gasteiger charge is -2.22. The van der Waals surface area contributed by atoms with E-state index in [2.05, 4.69) is 10.6 Å². The fourth-order valence-electron chi connectivity index (χ4n) is 1.61. The molecule has 0 aliphatic heterocycles. The van der Waals surface area contributed by atoms with Gasteiger partial charge in [0.25, 0.3) is 0 Å². The first-order valence-corrected chi connectivity index (χ1v) is 7.33. The van der Waals surface area contributed by atoms with Crippen molar-refractivity contribution >= 4 is 29.6 Å². The van der Waals surface area contributed by atoms with E-state index in [-0.39, 0.29) is 12.8 Å². The normalized spacial score (nSPS) is 13.9. The molecule has 0 unspecified atom stereocenters. The molecular formula is C13H23N5O7. The fraction of sp³-hybridized carbons (Fsp3) is 0.615. The monoisotopic (exact) mass is 361 g/mol. The molecule has 142 valence electrons. The predicted octanol–water partition coefficient (Wildman–Crippen LogP) is -4.24. The zero-order valence-corrected chi connectivity index (χ0v) is 13.7. The maximum atomic E-state index is 12.0. The van der Waals surface area contributed by atoms with Crippen LogP contribution in [0.5, 0.6) is 0 Å². The highest BCUT2D eigenvalue weighted by atomic mass is 16.4. The Bertz CT molecular complexity index is 523. The van der Waals surface area contributed by atoms with Crippen LogP contribution in [0.1, 0.15) is 19.8 Å². The summed E-state index contributed by atoms with van der Waals surface area (Å²) in [6.45, 7) is 0.0862. The number of aliphatic hydroxyl groups excluding tert-OH is 1. The molecule has 12 nitrogen and oxygen atoms in total. The number of rotatable bonds is 11. The van der Waals surface area contributed by atoms with Crippen molar-refractivity contribution in [3.8, 4) is 0 Å². The van der Waals surface area contributed by atoms with Crippen molar-refractivity contribution in [3.05, 3.63) is 0 Å². The van der Waals surface area contributed by atoms with E-state index in [4.69, 9.17) is 16.6 Å². The Morgan fingerprint density at radius 2 is 1.64 bits per heavy atom. The number of carboxylic acids is 1. The zero-order valence-electron chi connectivity index (χ0n) is 13.7. The molecule has 4 amide bonds. The van der Waals surface area contributed by atoms with Gasteiger partial charge in [0.15, 0.2) is 0 Å². The maximum Gasteiger partial charge on any atom is 0.322 e. The van der Waals surface area contributed by atoms with Crippen LogP contribution in [-0.4, -0.2) is 71.1 Å². The van der Waals surface area contributed by atoms with Crippen molar-refractivity contribution in [2.45, 2.75) is 38.0 Å². The van der Waals surface area contributed by atoms with E-state index in [0.717, 1.165) is 0 Å². The van der Waals surface area contributed by atoms with E-state index in [1.165, 1.54) is 6.92 Å². The minimum absolute atomic E-state index is 0.0348. The topological polar surface area (TPSA) is 214 Å². The van der Waals surface area contributed by atoms with Crippen molar-refractivity contribution in [1.82, 2.24) is 16.0 Å². The number of nitrogens with one attached hydrogen (secondary N) is 3. The van der Waals surface area contributed by atoms with E-state index >= 15 is 0 Å². The smallest absolute Gasteiger partial charge is 0.322 e. The Morgan fingerprint density at radius 1 is 1.04 bits per heavy atom. The molecule has 9 N–H and O–H groups in total. The Balaban J connectivity index is 4.54. The lowest BCUT2D eigenvalue weighted by atomic mass is 10.1. The standard InChI is InChI=1S/C13H23N5O7/c1-6(19)11(18-12(24)7(14)2-3-8(15)20)13(25)17-4-9(21)16-5-10(22)23/h6-7,11,19H,2-5,14H2,1H3,(H2,15,20)(H,16,21)(H,17,25)(H,18,24)(H,22,23)/t6-,7+,11+/m1/s1. The Morgan fingerprint density at radius 3 is 2.12 bits per heavy atom. The average molecular weight is 361 g/mol. The minimum Gasteiger partial charge on any atom is -0.480 e. The van der Waals surface area contributed by atoms with Gasteiger partial charge in [-0.2, -0.15) is 0 Å². The number of hydrogen-bond donors (Lipinski definition) is 7. The van der Waals surface area contributed by atoms with E-state index in [9.17, 15) is 29.1 Å². The van der Waals surface area contributed by atoms with Gasteiger partial charge in [0.2, 0.25) is 23.6 Å². The molecule has 0 rings (SSSR count). The number of aliphatic hydroxyl groups is 1. The number of carbonyl (C=O) groups excluding carboxylic acids is 4. The second kappa shape index (κ2) is 10.9. The highest BCUT2D eigenvalue weighted by Gasteiger charge is 2.28. The van der Waals surface area contributed by atoms with Crippen LogP contribution in [0.15, 0.2) is 0 Å². The second-order valence-corrected chi connectivity index (χ2v) is 5.23. The van der Waals surface area contributed by atoms with Crippen molar-refractivity contribution < 1.29 is 34.2 Å². The van der Waals surface area contributed by atoms with E-state index < -0.39 is 60.9 Å². The molecule has 0 aromatic rings.